The molecule has 1 atom stereocenters. The van der Waals surface area contributed by atoms with Crippen molar-refractivity contribution < 1.29 is 13.6 Å². The number of carbonyl (C=O) groups excluding carboxylic acids is 1. The maximum Gasteiger partial charge on any atom is 0.241 e. The SMILES string of the molecule is CN=Nc1ccc(-c2ccn3nc(NC4CCC(=O)N(C)C4)ncc23)cc1CCC(F)F. The topological polar surface area (TPSA) is 87.2 Å². The first kappa shape index (κ1) is 21.8. The van der Waals surface area contributed by atoms with Crippen molar-refractivity contribution in [2.45, 2.75) is 38.2 Å². The predicted molar refractivity (Wildman–Crippen MR) is 117 cm³/mol. The summed E-state index contributed by atoms with van der Waals surface area (Å²) in [6.07, 6.45) is 2.44. The largest absolute Gasteiger partial charge is 0.348 e. The number of fused-ring (bicyclic) bond motifs is 1. The summed E-state index contributed by atoms with van der Waals surface area (Å²) < 4.78 is 27.3. The van der Waals surface area contributed by atoms with Gasteiger partial charge in [0.15, 0.2) is 0 Å². The molecule has 1 aromatic carbocycles. The number of aromatic nitrogens is 3. The van der Waals surface area contributed by atoms with E-state index in [4.69, 9.17) is 0 Å². The van der Waals surface area contributed by atoms with E-state index >= 15 is 0 Å². The highest BCUT2D eigenvalue weighted by Gasteiger charge is 2.23. The van der Waals surface area contributed by atoms with Gasteiger partial charge in [0.2, 0.25) is 18.3 Å². The minimum atomic E-state index is -2.37. The average molecular weight is 441 g/mol. The third kappa shape index (κ3) is 4.74. The lowest BCUT2D eigenvalue weighted by Gasteiger charge is -2.30. The molecule has 8 nitrogen and oxygen atoms in total. The Morgan fingerprint density at radius 3 is 2.91 bits per heavy atom. The first-order chi connectivity index (χ1) is 15.4. The number of anilines is 1. The zero-order valence-corrected chi connectivity index (χ0v) is 18.0. The lowest BCUT2D eigenvalue weighted by atomic mass is 10.0. The molecule has 3 heterocycles. The number of amides is 1. The quantitative estimate of drug-likeness (QED) is 0.553. The van der Waals surface area contributed by atoms with Gasteiger partial charge in [0.25, 0.3) is 0 Å². The smallest absolute Gasteiger partial charge is 0.241 e. The number of nitrogens with one attached hydrogen (secondary N) is 1. The Morgan fingerprint density at radius 2 is 2.16 bits per heavy atom. The van der Waals surface area contributed by atoms with E-state index in [1.54, 1.807) is 35.8 Å². The highest BCUT2D eigenvalue weighted by molar-refractivity contribution is 5.81. The molecule has 32 heavy (non-hydrogen) atoms. The van der Waals surface area contributed by atoms with Crippen LogP contribution in [0.5, 0.6) is 0 Å². The summed E-state index contributed by atoms with van der Waals surface area (Å²) in [5.74, 6) is 0.637. The highest BCUT2D eigenvalue weighted by Crippen LogP contribution is 2.31. The number of azo groups is 1. The molecule has 1 amide bonds. The summed E-state index contributed by atoms with van der Waals surface area (Å²) in [4.78, 5) is 17.8. The van der Waals surface area contributed by atoms with Crippen molar-refractivity contribution in [1.29, 1.82) is 0 Å². The molecule has 168 valence electrons. The number of halogens is 2. The number of nitrogens with zero attached hydrogens (tertiary/aromatic N) is 6. The molecule has 3 aromatic rings. The summed E-state index contributed by atoms with van der Waals surface area (Å²) in [5, 5.41) is 15.7. The molecule has 1 fully saturated rings. The fourth-order valence-corrected chi connectivity index (χ4v) is 3.95. The van der Waals surface area contributed by atoms with E-state index in [9.17, 15) is 13.6 Å². The Morgan fingerprint density at radius 1 is 1.31 bits per heavy atom. The van der Waals surface area contributed by atoms with Crippen molar-refractivity contribution in [2.24, 2.45) is 10.2 Å². The van der Waals surface area contributed by atoms with Crippen molar-refractivity contribution >= 4 is 23.1 Å². The number of benzene rings is 1. The van der Waals surface area contributed by atoms with Gasteiger partial charge in [0.1, 0.15) is 0 Å². The lowest BCUT2D eigenvalue weighted by Crippen LogP contribution is -2.43. The van der Waals surface area contributed by atoms with Crippen molar-refractivity contribution in [2.75, 3.05) is 26.0 Å². The fourth-order valence-electron chi connectivity index (χ4n) is 3.95. The first-order valence-electron chi connectivity index (χ1n) is 10.5. The molecule has 0 saturated carbocycles. The van der Waals surface area contributed by atoms with Gasteiger partial charge in [-0.2, -0.15) is 10.2 Å². The van der Waals surface area contributed by atoms with Gasteiger partial charge in [0.05, 0.1) is 17.4 Å². The molecular formula is C22H25F2N7O. The molecule has 1 aliphatic rings. The number of carbonyl (C=O) groups is 1. The van der Waals surface area contributed by atoms with Gasteiger partial charge in [-0.1, -0.05) is 6.07 Å². The van der Waals surface area contributed by atoms with Crippen molar-refractivity contribution in [3.63, 3.8) is 0 Å². The number of likely N-dealkylation sites (N-methyl/N-ethyl adjacent to an activating group) is 1. The summed E-state index contributed by atoms with van der Waals surface area (Å²) in [6, 6.07) is 7.59. The number of piperidine rings is 1. The summed E-state index contributed by atoms with van der Waals surface area (Å²) >= 11 is 0. The molecule has 4 rings (SSSR count). The Balaban J connectivity index is 1.58. The van der Waals surface area contributed by atoms with Crippen LogP contribution in [0.15, 0.2) is 46.9 Å². The van der Waals surface area contributed by atoms with E-state index in [1.807, 2.05) is 24.4 Å². The van der Waals surface area contributed by atoms with Crippen LogP contribution in [-0.4, -0.2) is 58.5 Å². The van der Waals surface area contributed by atoms with Crippen LogP contribution in [0, 0.1) is 0 Å². The molecule has 1 unspecified atom stereocenters. The lowest BCUT2D eigenvalue weighted by molar-refractivity contribution is -0.132. The van der Waals surface area contributed by atoms with E-state index in [1.165, 1.54) is 0 Å². The number of hydrogen-bond acceptors (Lipinski definition) is 6. The second-order valence-electron chi connectivity index (χ2n) is 7.87. The van der Waals surface area contributed by atoms with Gasteiger partial charge >= 0.3 is 0 Å². The highest BCUT2D eigenvalue weighted by atomic mass is 19.3. The Labute approximate surface area is 184 Å². The van der Waals surface area contributed by atoms with Gasteiger partial charge in [0, 0.05) is 51.3 Å². The van der Waals surface area contributed by atoms with Crippen molar-refractivity contribution in [3.8, 4) is 11.1 Å². The molecule has 10 heteroatoms. The van der Waals surface area contributed by atoms with Gasteiger partial charge in [-0.05, 0) is 42.2 Å². The maximum absolute atomic E-state index is 12.8. The number of alkyl halides is 2. The summed E-state index contributed by atoms with van der Waals surface area (Å²) in [7, 11) is 3.35. The normalized spacial score (nSPS) is 17.1. The van der Waals surface area contributed by atoms with Crippen LogP contribution in [0.3, 0.4) is 0 Å². The van der Waals surface area contributed by atoms with Crippen LogP contribution in [0.2, 0.25) is 0 Å². The Hall–Kier alpha value is -3.43. The minimum Gasteiger partial charge on any atom is -0.348 e. The summed E-state index contributed by atoms with van der Waals surface area (Å²) in [6.45, 7) is 0.611. The minimum absolute atomic E-state index is 0.0999. The zero-order valence-electron chi connectivity index (χ0n) is 18.0. The number of aryl methyl sites for hydroxylation is 1. The molecule has 1 N–H and O–H groups in total. The Bertz CT molecular complexity index is 1140. The van der Waals surface area contributed by atoms with Crippen LogP contribution in [0.1, 0.15) is 24.8 Å². The molecule has 1 aliphatic heterocycles. The van der Waals surface area contributed by atoms with Crippen LogP contribution in [0.25, 0.3) is 16.6 Å². The molecule has 0 aliphatic carbocycles. The van der Waals surface area contributed by atoms with Crippen molar-refractivity contribution in [3.05, 3.63) is 42.2 Å². The van der Waals surface area contributed by atoms with E-state index in [2.05, 4.69) is 25.6 Å². The van der Waals surface area contributed by atoms with Gasteiger partial charge in [-0.25, -0.2) is 18.3 Å². The predicted octanol–water partition coefficient (Wildman–Crippen LogP) is 4.34. The van der Waals surface area contributed by atoms with Crippen LogP contribution < -0.4 is 5.32 Å². The third-order valence-corrected chi connectivity index (χ3v) is 5.61. The second-order valence-corrected chi connectivity index (χ2v) is 7.87. The fraction of sp³-hybridized carbons (Fsp3) is 0.409. The molecule has 0 spiro atoms. The van der Waals surface area contributed by atoms with Gasteiger partial charge in [-0.3, -0.25) is 4.79 Å². The molecule has 0 bridgehead atoms. The number of likely N-dealkylation sites (tertiary alicyclic amines) is 1. The van der Waals surface area contributed by atoms with E-state index in [0.29, 0.717) is 24.6 Å². The zero-order chi connectivity index (χ0) is 22.7. The second kappa shape index (κ2) is 9.37. The monoisotopic (exact) mass is 441 g/mol. The van der Waals surface area contributed by atoms with E-state index in [0.717, 1.165) is 28.6 Å². The molecular weight excluding hydrogens is 416 g/mol. The molecule has 2 aromatic heterocycles. The van der Waals surface area contributed by atoms with Crippen LogP contribution >= 0.6 is 0 Å². The third-order valence-electron chi connectivity index (χ3n) is 5.61. The maximum atomic E-state index is 12.8. The molecule has 0 radical (unpaired) electrons. The first-order valence-corrected chi connectivity index (χ1v) is 10.5. The standard InChI is InChI=1S/C22H25F2N7O/c1-25-28-18-6-3-14(11-15(18)4-7-20(23)24)17-9-10-31-19(17)12-26-22(29-31)27-16-5-8-21(32)30(2)13-16/h3,6,9-12,16,20H,4-5,7-8,13H2,1-2H3,(H,27,29). The van der Waals surface area contributed by atoms with Crippen LogP contribution in [0.4, 0.5) is 20.4 Å². The van der Waals surface area contributed by atoms with E-state index < -0.39 is 6.43 Å². The summed E-state index contributed by atoms with van der Waals surface area (Å²) in [5.41, 5.74) is 3.90. The van der Waals surface area contributed by atoms with E-state index in [-0.39, 0.29) is 24.8 Å². The number of hydrogen-bond donors (Lipinski definition) is 1. The van der Waals surface area contributed by atoms with Crippen LogP contribution in [-0.2, 0) is 11.2 Å². The molecule has 1 saturated heterocycles. The van der Waals surface area contributed by atoms with Gasteiger partial charge < -0.3 is 10.2 Å². The number of rotatable bonds is 7. The Kier molecular flexibility index (Phi) is 6.38. The van der Waals surface area contributed by atoms with Crippen molar-refractivity contribution in [1.82, 2.24) is 19.5 Å². The van der Waals surface area contributed by atoms with Gasteiger partial charge in [-0.15, -0.1) is 5.10 Å². The average Bonchev–Trinajstić information content (AvgIpc) is 3.19.